The van der Waals surface area contributed by atoms with E-state index < -0.39 is 12.1 Å². The van der Waals surface area contributed by atoms with Gasteiger partial charge in [-0.2, -0.15) is 0 Å². The second kappa shape index (κ2) is 8.91. The van der Waals surface area contributed by atoms with Crippen molar-refractivity contribution in [3.05, 3.63) is 23.8 Å². The Balaban J connectivity index is 1.25. The lowest BCUT2D eigenvalue weighted by atomic mass is 10.1. The Morgan fingerprint density at radius 3 is 2.93 bits per heavy atom. The Labute approximate surface area is 175 Å². The lowest BCUT2D eigenvalue weighted by Gasteiger charge is -2.22. The third kappa shape index (κ3) is 4.35. The molecule has 0 spiro atoms. The molecule has 2 atom stereocenters. The Bertz CT molecular complexity index is 830. The molecule has 1 aromatic rings. The molecular weight excluding hydrogens is 388 g/mol. The van der Waals surface area contributed by atoms with Gasteiger partial charge in [-0.05, 0) is 50.0 Å². The number of imide groups is 1. The first-order valence-electron chi connectivity index (χ1n) is 10.6. The SMILES string of the molecule is CCN1CCC[C@@H]1CNC(=O)CC[C@@H]1NC(=O)N(Cc2ccc3c(c2)OCO3)C1=O. The van der Waals surface area contributed by atoms with Crippen molar-refractivity contribution in [3.8, 4) is 11.5 Å². The van der Waals surface area contributed by atoms with Gasteiger partial charge in [0.2, 0.25) is 12.7 Å². The van der Waals surface area contributed by atoms with Crippen LogP contribution in [0.25, 0.3) is 0 Å². The lowest BCUT2D eigenvalue weighted by Crippen LogP contribution is -2.40. The van der Waals surface area contributed by atoms with Crippen LogP contribution in [0.1, 0.15) is 38.2 Å². The van der Waals surface area contributed by atoms with E-state index in [1.165, 1.54) is 4.90 Å². The van der Waals surface area contributed by atoms with E-state index >= 15 is 0 Å². The van der Waals surface area contributed by atoms with Crippen LogP contribution in [-0.4, -0.2) is 66.2 Å². The maximum absolute atomic E-state index is 12.7. The number of likely N-dealkylation sites (N-methyl/N-ethyl adjacent to an activating group) is 1. The summed E-state index contributed by atoms with van der Waals surface area (Å²) in [4.78, 5) is 40.7. The number of carbonyl (C=O) groups excluding carboxylic acids is 3. The van der Waals surface area contributed by atoms with Gasteiger partial charge in [0.05, 0.1) is 6.54 Å². The molecule has 0 aliphatic carbocycles. The summed E-state index contributed by atoms with van der Waals surface area (Å²) in [6.45, 7) is 5.15. The smallest absolute Gasteiger partial charge is 0.325 e. The first-order chi connectivity index (χ1) is 14.5. The molecule has 4 rings (SSSR count). The molecule has 2 saturated heterocycles. The number of ether oxygens (including phenoxy) is 2. The predicted molar refractivity (Wildman–Crippen MR) is 108 cm³/mol. The fraction of sp³-hybridized carbons (Fsp3) is 0.571. The molecule has 2 fully saturated rings. The molecule has 3 aliphatic heterocycles. The first-order valence-corrected chi connectivity index (χ1v) is 10.6. The van der Waals surface area contributed by atoms with Crippen molar-refractivity contribution in [2.45, 2.75) is 51.2 Å². The van der Waals surface area contributed by atoms with Crippen molar-refractivity contribution in [2.75, 3.05) is 26.4 Å². The Kier molecular flexibility index (Phi) is 6.08. The van der Waals surface area contributed by atoms with E-state index in [1.807, 2.05) is 0 Å². The second-order valence-corrected chi connectivity index (χ2v) is 7.88. The Morgan fingerprint density at radius 1 is 1.27 bits per heavy atom. The summed E-state index contributed by atoms with van der Waals surface area (Å²) in [7, 11) is 0. The number of likely N-dealkylation sites (tertiary alicyclic amines) is 1. The van der Waals surface area contributed by atoms with E-state index in [2.05, 4.69) is 22.5 Å². The lowest BCUT2D eigenvalue weighted by molar-refractivity contribution is -0.128. The fourth-order valence-corrected chi connectivity index (χ4v) is 4.28. The molecule has 3 heterocycles. The maximum atomic E-state index is 12.7. The number of fused-ring (bicyclic) bond motifs is 1. The van der Waals surface area contributed by atoms with Crippen LogP contribution in [0.4, 0.5) is 4.79 Å². The van der Waals surface area contributed by atoms with E-state index in [0.717, 1.165) is 31.5 Å². The number of carbonyl (C=O) groups is 3. The fourth-order valence-electron chi connectivity index (χ4n) is 4.28. The molecule has 162 valence electrons. The van der Waals surface area contributed by atoms with E-state index in [9.17, 15) is 14.4 Å². The highest BCUT2D eigenvalue weighted by Crippen LogP contribution is 2.33. The van der Waals surface area contributed by atoms with Gasteiger partial charge in [0, 0.05) is 19.0 Å². The molecule has 2 N–H and O–H groups in total. The van der Waals surface area contributed by atoms with Crippen LogP contribution in [0.2, 0.25) is 0 Å². The van der Waals surface area contributed by atoms with E-state index in [4.69, 9.17) is 9.47 Å². The molecule has 0 unspecified atom stereocenters. The van der Waals surface area contributed by atoms with E-state index in [0.29, 0.717) is 24.1 Å². The third-order valence-electron chi connectivity index (χ3n) is 5.98. The molecule has 3 aliphatic rings. The van der Waals surface area contributed by atoms with Gasteiger partial charge < -0.3 is 20.1 Å². The number of hydrogen-bond acceptors (Lipinski definition) is 6. The van der Waals surface area contributed by atoms with Crippen LogP contribution in [0.15, 0.2) is 18.2 Å². The number of nitrogens with zero attached hydrogens (tertiary/aromatic N) is 2. The quantitative estimate of drug-likeness (QED) is 0.618. The Hall–Kier alpha value is -2.81. The second-order valence-electron chi connectivity index (χ2n) is 7.88. The van der Waals surface area contributed by atoms with Gasteiger partial charge in [-0.15, -0.1) is 0 Å². The normalized spacial score (nSPS) is 23.2. The van der Waals surface area contributed by atoms with Gasteiger partial charge in [0.1, 0.15) is 6.04 Å². The minimum absolute atomic E-state index is 0.0887. The molecule has 9 nitrogen and oxygen atoms in total. The monoisotopic (exact) mass is 416 g/mol. The van der Waals surface area contributed by atoms with Crippen molar-refractivity contribution in [3.63, 3.8) is 0 Å². The highest BCUT2D eigenvalue weighted by atomic mass is 16.7. The van der Waals surface area contributed by atoms with Crippen molar-refractivity contribution in [2.24, 2.45) is 0 Å². The molecular formula is C21H28N4O5. The van der Waals surface area contributed by atoms with Gasteiger partial charge in [-0.3, -0.25) is 19.4 Å². The largest absolute Gasteiger partial charge is 0.454 e. The van der Waals surface area contributed by atoms with Crippen LogP contribution in [0.5, 0.6) is 11.5 Å². The molecule has 1 aromatic carbocycles. The summed E-state index contributed by atoms with van der Waals surface area (Å²) in [6, 6.07) is 4.62. The van der Waals surface area contributed by atoms with Crippen LogP contribution in [0.3, 0.4) is 0 Å². The van der Waals surface area contributed by atoms with Crippen LogP contribution >= 0.6 is 0 Å². The number of nitrogens with one attached hydrogen (secondary N) is 2. The van der Waals surface area contributed by atoms with Crippen LogP contribution in [0, 0.1) is 0 Å². The highest BCUT2D eigenvalue weighted by molar-refractivity contribution is 6.04. The van der Waals surface area contributed by atoms with Crippen LogP contribution in [-0.2, 0) is 16.1 Å². The van der Waals surface area contributed by atoms with E-state index in [-0.39, 0.29) is 38.0 Å². The minimum atomic E-state index is -0.670. The predicted octanol–water partition coefficient (Wildman–Crippen LogP) is 1.22. The minimum Gasteiger partial charge on any atom is -0.454 e. The number of hydrogen-bond donors (Lipinski definition) is 2. The summed E-state index contributed by atoms with van der Waals surface area (Å²) in [5.41, 5.74) is 0.776. The first kappa shape index (κ1) is 20.5. The van der Waals surface area contributed by atoms with Gasteiger partial charge in [0.15, 0.2) is 11.5 Å². The standard InChI is InChI=1S/C21H28N4O5/c1-2-24-9-3-4-15(24)11-22-19(26)8-6-16-20(27)25(21(28)23-16)12-14-5-7-17-18(10-14)30-13-29-17/h5,7,10,15-16H,2-4,6,8-9,11-13H2,1H3,(H,22,26)(H,23,28)/t15-,16+/m1/s1. The van der Waals surface area contributed by atoms with Crippen molar-refractivity contribution in [1.82, 2.24) is 20.4 Å². The molecule has 9 heteroatoms. The molecule has 0 radical (unpaired) electrons. The molecule has 0 aromatic heterocycles. The molecule has 0 bridgehead atoms. The summed E-state index contributed by atoms with van der Waals surface area (Å²) >= 11 is 0. The highest BCUT2D eigenvalue weighted by Gasteiger charge is 2.38. The number of benzene rings is 1. The van der Waals surface area contributed by atoms with Crippen molar-refractivity contribution >= 4 is 17.8 Å². The zero-order chi connectivity index (χ0) is 21.1. The average Bonchev–Trinajstić information content (AvgIpc) is 3.46. The Morgan fingerprint density at radius 2 is 2.10 bits per heavy atom. The van der Waals surface area contributed by atoms with Crippen LogP contribution < -0.4 is 20.1 Å². The average molecular weight is 416 g/mol. The maximum Gasteiger partial charge on any atom is 0.325 e. The third-order valence-corrected chi connectivity index (χ3v) is 5.98. The molecule has 4 amide bonds. The van der Waals surface area contributed by atoms with E-state index in [1.54, 1.807) is 18.2 Å². The van der Waals surface area contributed by atoms with Gasteiger partial charge in [-0.25, -0.2) is 4.79 Å². The summed E-state index contributed by atoms with van der Waals surface area (Å²) in [5.74, 6) is 0.865. The number of rotatable bonds is 8. The van der Waals surface area contributed by atoms with Gasteiger partial charge in [0.25, 0.3) is 5.91 Å². The van der Waals surface area contributed by atoms with Gasteiger partial charge in [-0.1, -0.05) is 13.0 Å². The zero-order valence-corrected chi connectivity index (χ0v) is 17.2. The molecule has 0 saturated carbocycles. The van der Waals surface area contributed by atoms with Crippen molar-refractivity contribution in [1.29, 1.82) is 0 Å². The summed E-state index contributed by atoms with van der Waals surface area (Å²) in [5, 5.41) is 5.66. The molecule has 30 heavy (non-hydrogen) atoms. The van der Waals surface area contributed by atoms with Crippen molar-refractivity contribution < 1.29 is 23.9 Å². The number of amides is 4. The number of urea groups is 1. The zero-order valence-electron chi connectivity index (χ0n) is 17.2. The van der Waals surface area contributed by atoms with Gasteiger partial charge >= 0.3 is 6.03 Å². The topological polar surface area (TPSA) is 100 Å². The summed E-state index contributed by atoms with van der Waals surface area (Å²) in [6.07, 6.45) is 2.75. The summed E-state index contributed by atoms with van der Waals surface area (Å²) < 4.78 is 10.6.